The van der Waals surface area contributed by atoms with Gasteiger partial charge in [0.15, 0.2) is 23.0 Å². The number of nitrogens with zero attached hydrogens (tertiary/aromatic N) is 2. The first kappa shape index (κ1) is 26.5. The molecule has 2 aromatic rings. The lowest BCUT2D eigenvalue weighted by Crippen LogP contribution is -2.37. The first-order valence-electron chi connectivity index (χ1n) is 12.7. The number of carbonyl (C=O) groups excluding carboxylic acids is 2. The normalized spacial score (nSPS) is 20.0. The molecule has 2 saturated heterocycles. The molecule has 39 heavy (non-hydrogen) atoms. The van der Waals surface area contributed by atoms with Crippen LogP contribution in [0, 0.1) is 0 Å². The third-order valence-electron chi connectivity index (χ3n) is 7.36. The van der Waals surface area contributed by atoms with E-state index < -0.39 is 17.7 Å². The van der Waals surface area contributed by atoms with Gasteiger partial charge >= 0.3 is 0 Å². The van der Waals surface area contributed by atoms with E-state index >= 15 is 0 Å². The highest BCUT2D eigenvalue weighted by Gasteiger charge is 2.48. The molecule has 11 heteroatoms. The molecule has 5 rings (SSSR count). The molecular formula is C28H32N2O9. The number of rotatable bonds is 9. The van der Waals surface area contributed by atoms with Crippen LogP contribution in [-0.2, 0) is 9.59 Å². The Hall–Kier alpha value is -4.12. The van der Waals surface area contributed by atoms with Crippen LogP contribution in [0.5, 0.6) is 34.5 Å². The molecule has 0 bridgehead atoms. The molecule has 3 aliphatic heterocycles. The summed E-state index contributed by atoms with van der Waals surface area (Å²) < 4.78 is 33.3. The number of fused-ring (bicyclic) bond motifs is 1. The summed E-state index contributed by atoms with van der Waals surface area (Å²) in [6, 6.07) is 5.46. The van der Waals surface area contributed by atoms with Crippen LogP contribution in [0.15, 0.2) is 29.8 Å². The molecule has 0 spiro atoms. The predicted molar refractivity (Wildman–Crippen MR) is 140 cm³/mol. The Morgan fingerprint density at radius 3 is 2.26 bits per heavy atom. The highest BCUT2D eigenvalue weighted by Crippen LogP contribution is 2.54. The maximum atomic E-state index is 13.6. The summed E-state index contributed by atoms with van der Waals surface area (Å²) in [5.74, 6) is 0.292. The number of likely N-dealkylation sites (tertiary alicyclic amines) is 2. The van der Waals surface area contributed by atoms with Gasteiger partial charge in [-0.1, -0.05) is 0 Å². The lowest BCUT2D eigenvalue weighted by atomic mass is 9.93. The number of carbonyl (C=O) groups is 2. The molecule has 0 aliphatic carbocycles. The number of aliphatic hydroxyl groups excluding tert-OH is 1. The van der Waals surface area contributed by atoms with Gasteiger partial charge in [-0.3, -0.25) is 9.59 Å². The predicted octanol–water partition coefficient (Wildman–Crippen LogP) is 2.97. The lowest BCUT2D eigenvalue weighted by Gasteiger charge is -2.29. The summed E-state index contributed by atoms with van der Waals surface area (Å²) in [4.78, 5) is 30.8. The number of ketones is 1. The van der Waals surface area contributed by atoms with Crippen molar-refractivity contribution in [1.29, 1.82) is 0 Å². The van der Waals surface area contributed by atoms with Crippen LogP contribution in [0.4, 0.5) is 0 Å². The highest BCUT2D eigenvalue weighted by atomic mass is 16.7. The molecule has 2 aromatic carbocycles. The van der Waals surface area contributed by atoms with Gasteiger partial charge in [-0.05, 0) is 50.2 Å². The molecule has 1 atom stereocenters. The van der Waals surface area contributed by atoms with Crippen molar-refractivity contribution in [3.05, 3.63) is 41.0 Å². The summed E-state index contributed by atoms with van der Waals surface area (Å²) in [6.07, 6.45) is 2.18. The molecule has 1 amide bonds. The maximum Gasteiger partial charge on any atom is 0.295 e. The summed E-state index contributed by atoms with van der Waals surface area (Å²) in [6.45, 7) is 2.69. The van der Waals surface area contributed by atoms with E-state index in [1.165, 1.54) is 33.3 Å². The molecule has 0 aromatic heterocycles. The minimum absolute atomic E-state index is 0.0354. The van der Waals surface area contributed by atoms with Crippen LogP contribution in [0.25, 0.3) is 5.76 Å². The van der Waals surface area contributed by atoms with Crippen LogP contribution < -0.4 is 28.4 Å². The van der Waals surface area contributed by atoms with Gasteiger partial charge in [-0.25, -0.2) is 0 Å². The number of benzene rings is 2. The Bertz CT molecular complexity index is 1320. The van der Waals surface area contributed by atoms with Crippen molar-refractivity contribution in [2.24, 2.45) is 0 Å². The zero-order valence-electron chi connectivity index (χ0n) is 22.4. The van der Waals surface area contributed by atoms with E-state index in [1.807, 2.05) is 0 Å². The van der Waals surface area contributed by atoms with Crippen LogP contribution in [0.1, 0.15) is 30.0 Å². The van der Waals surface area contributed by atoms with E-state index in [9.17, 15) is 14.7 Å². The standard InChI is InChI=1S/C28H32N2O9/c1-34-18-8-7-16(13-19(18)35-2)23(31)21-22(30(28(33)24(21)32)12-11-29-9-5-6-10-29)17-14-20(36-3)26-27(25(17)37-4)39-15-38-26/h7-8,13-14,22,31H,5-6,9-12,15H2,1-4H3/t22-/m1/s1. The summed E-state index contributed by atoms with van der Waals surface area (Å²) in [7, 11) is 5.94. The number of methoxy groups -OCH3 is 4. The number of amides is 1. The summed E-state index contributed by atoms with van der Waals surface area (Å²) in [5.41, 5.74) is 0.649. The zero-order chi connectivity index (χ0) is 27.7. The minimum atomic E-state index is -0.973. The Labute approximate surface area is 226 Å². The van der Waals surface area contributed by atoms with E-state index in [1.54, 1.807) is 24.3 Å². The first-order chi connectivity index (χ1) is 18.9. The van der Waals surface area contributed by atoms with Gasteiger partial charge < -0.3 is 43.3 Å². The van der Waals surface area contributed by atoms with E-state index in [-0.39, 0.29) is 24.7 Å². The molecular weight excluding hydrogens is 508 g/mol. The van der Waals surface area contributed by atoms with Gasteiger partial charge in [-0.2, -0.15) is 0 Å². The Kier molecular flexibility index (Phi) is 7.42. The zero-order valence-corrected chi connectivity index (χ0v) is 22.4. The molecule has 2 fully saturated rings. The second-order valence-corrected chi connectivity index (χ2v) is 9.38. The van der Waals surface area contributed by atoms with Crippen molar-refractivity contribution in [3.63, 3.8) is 0 Å². The largest absolute Gasteiger partial charge is 0.507 e. The van der Waals surface area contributed by atoms with E-state index in [0.717, 1.165) is 25.9 Å². The molecule has 0 saturated carbocycles. The quantitative estimate of drug-likeness (QED) is 0.289. The van der Waals surface area contributed by atoms with E-state index in [2.05, 4.69) is 4.90 Å². The molecule has 208 valence electrons. The van der Waals surface area contributed by atoms with E-state index in [4.69, 9.17) is 28.4 Å². The molecule has 0 unspecified atom stereocenters. The van der Waals surface area contributed by atoms with Crippen LogP contribution in [0.3, 0.4) is 0 Å². The third-order valence-corrected chi connectivity index (χ3v) is 7.36. The Morgan fingerprint density at radius 1 is 0.897 bits per heavy atom. The second kappa shape index (κ2) is 10.9. The van der Waals surface area contributed by atoms with Gasteiger partial charge in [0.1, 0.15) is 5.76 Å². The van der Waals surface area contributed by atoms with Crippen LogP contribution >= 0.6 is 0 Å². The van der Waals surface area contributed by atoms with Gasteiger partial charge in [0, 0.05) is 24.2 Å². The monoisotopic (exact) mass is 540 g/mol. The SMILES string of the molecule is COc1ccc(C(O)=C2C(=O)C(=O)N(CCN3CCCC3)[C@@H]2c2cc(OC)c3c(c2OC)OCO3)cc1OC. The molecule has 1 N–H and O–H groups in total. The molecule has 3 aliphatic rings. The molecule has 11 nitrogen and oxygen atoms in total. The van der Waals surface area contributed by atoms with Crippen molar-refractivity contribution in [1.82, 2.24) is 9.80 Å². The fraction of sp³-hybridized carbons (Fsp3) is 0.429. The number of Topliss-reactive ketones (excluding diaryl/α,β-unsaturated/α-hetero) is 1. The second-order valence-electron chi connectivity index (χ2n) is 9.38. The van der Waals surface area contributed by atoms with Crippen molar-refractivity contribution in [3.8, 4) is 34.5 Å². The van der Waals surface area contributed by atoms with Crippen LogP contribution in [0.2, 0.25) is 0 Å². The third kappa shape index (κ3) is 4.56. The van der Waals surface area contributed by atoms with E-state index in [0.29, 0.717) is 52.2 Å². The van der Waals surface area contributed by atoms with Crippen molar-refractivity contribution in [2.45, 2.75) is 18.9 Å². The number of aliphatic hydroxyl groups is 1. The van der Waals surface area contributed by atoms with Crippen molar-refractivity contribution < 1.29 is 43.1 Å². The number of hydrogen-bond donors (Lipinski definition) is 1. The molecule has 3 heterocycles. The fourth-order valence-corrected chi connectivity index (χ4v) is 5.43. The average molecular weight is 541 g/mol. The number of hydrogen-bond acceptors (Lipinski definition) is 10. The van der Waals surface area contributed by atoms with Gasteiger partial charge in [0.25, 0.3) is 11.7 Å². The topological polar surface area (TPSA) is 116 Å². The van der Waals surface area contributed by atoms with Crippen molar-refractivity contribution >= 4 is 17.4 Å². The van der Waals surface area contributed by atoms with Crippen molar-refractivity contribution in [2.75, 3.05) is 61.4 Å². The Balaban J connectivity index is 1.68. The summed E-state index contributed by atoms with van der Waals surface area (Å²) >= 11 is 0. The number of ether oxygens (including phenoxy) is 6. The molecule has 0 radical (unpaired) electrons. The summed E-state index contributed by atoms with van der Waals surface area (Å²) in [5, 5.41) is 11.5. The van der Waals surface area contributed by atoms with Crippen LogP contribution in [-0.4, -0.2) is 88.0 Å². The average Bonchev–Trinajstić information content (AvgIpc) is 3.71. The lowest BCUT2D eigenvalue weighted by molar-refractivity contribution is -0.140. The van der Waals surface area contributed by atoms with Gasteiger partial charge in [-0.15, -0.1) is 0 Å². The fourth-order valence-electron chi connectivity index (χ4n) is 5.43. The van der Waals surface area contributed by atoms with Gasteiger partial charge in [0.2, 0.25) is 18.3 Å². The van der Waals surface area contributed by atoms with Gasteiger partial charge in [0.05, 0.1) is 40.1 Å². The minimum Gasteiger partial charge on any atom is -0.507 e. The maximum absolute atomic E-state index is 13.6. The first-order valence-corrected chi connectivity index (χ1v) is 12.7. The Morgan fingerprint density at radius 2 is 1.59 bits per heavy atom. The highest BCUT2D eigenvalue weighted by molar-refractivity contribution is 6.46. The smallest absolute Gasteiger partial charge is 0.295 e.